The summed E-state index contributed by atoms with van der Waals surface area (Å²) in [6.45, 7) is 3.39. The van der Waals surface area contributed by atoms with E-state index in [9.17, 15) is 5.11 Å². The maximum Gasteiger partial charge on any atom is 0.246 e. The summed E-state index contributed by atoms with van der Waals surface area (Å²) in [5.41, 5.74) is 1.63. The van der Waals surface area contributed by atoms with Crippen LogP contribution >= 0.6 is 23.4 Å². The van der Waals surface area contributed by atoms with Crippen LogP contribution in [-0.4, -0.2) is 20.1 Å². The number of oxazole rings is 1. The summed E-state index contributed by atoms with van der Waals surface area (Å²) in [5.74, 6) is 0.420. The van der Waals surface area contributed by atoms with Gasteiger partial charge in [0.1, 0.15) is 22.0 Å². The van der Waals surface area contributed by atoms with Crippen LogP contribution in [0.1, 0.15) is 19.5 Å². The second-order valence-corrected chi connectivity index (χ2v) is 8.29. The van der Waals surface area contributed by atoms with Crippen LogP contribution in [0.4, 0.5) is 0 Å². The second-order valence-electron chi connectivity index (χ2n) is 6.83. The van der Waals surface area contributed by atoms with Gasteiger partial charge in [0.2, 0.25) is 10.9 Å². The lowest BCUT2D eigenvalue weighted by Crippen LogP contribution is -2.17. The fraction of sp³-hybridized carbons (Fsp3) is 0.143. The molecule has 0 aromatic carbocycles. The zero-order valence-corrected chi connectivity index (χ0v) is 17.3. The Balaban J connectivity index is 1.76. The fourth-order valence-corrected chi connectivity index (χ4v) is 3.56. The molecule has 0 spiro atoms. The topological polar surface area (TPSA) is 86.2 Å². The van der Waals surface area contributed by atoms with Crippen molar-refractivity contribution in [1.82, 2.24) is 15.0 Å². The highest BCUT2D eigenvalue weighted by atomic mass is 35.5. The lowest BCUT2D eigenvalue weighted by atomic mass is 10.0. The fourth-order valence-electron chi connectivity index (χ4n) is 2.61. The molecule has 4 aromatic rings. The van der Waals surface area contributed by atoms with Crippen molar-refractivity contribution in [3.63, 3.8) is 0 Å². The van der Waals surface area contributed by atoms with Gasteiger partial charge in [-0.3, -0.25) is 9.97 Å². The van der Waals surface area contributed by atoms with Crippen LogP contribution in [0.15, 0.2) is 75.6 Å². The van der Waals surface area contributed by atoms with E-state index < -0.39 is 5.60 Å². The van der Waals surface area contributed by atoms with E-state index in [0.29, 0.717) is 33.1 Å². The van der Waals surface area contributed by atoms with Gasteiger partial charge in [0, 0.05) is 35.8 Å². The molecule has 146 valence electrons. The van der Waals surface area contributed by atoms with Crippen LogP contribution in [0.2, 0.25) is 5.02 Å². The van der Waals surface area contributed by atoms with E-state index >= 15 is 0 Å². The van der Waals surface area contributed by atoms with Gasteiger partial charge in [-0.1, -0.05) is 17.7 Å². The molecule has 0 unspecified atom stereocenters. The van der Waals surface area contributed by atoms with E-state index in [1.165, 1.54) is 11.8 Å². The number of aromatic nitrogens is 4. The number of aromatic amines is 1. The lowest BCUT2D eigenvalue weighted by molar-refractivity contribution is -0.426. The highest BCUT2D eigenvalue weighted by Gasteiger charge is 2.22. The molecular weight excluding hydrogens is 408 g/mol. The Hall–Kier alpha value is -2.74. The van der Waals surface area contributed by atoms with Crippen molar-refractivity contribution in [2.75, 3.05) is 0 Å². The third kappa shape index (κ3) is 4.48. The molecule has 0 aliphatic rings. The van der Waals surface area contributed by atoms with Crippen LogP contribution in [0.3, 0.4) is 0 Å². The molecule has 4 aromatic heterocycles. The number of nitrogens with zero attached hydrogens (tertiary/aromatic N) is 3. The van der Waals surface area contributed by atoms with Gasteiger partial charge in [-0.25, -0.2) is 9.97 Å². The first-order chi connectivity index (χ1) is 13.9. The maximum atomic E-state index is 10.2. The number of nitrogens with one attached hydrogen (secondary N) is 1. The molecule has 0 amide bonds. The van der Waals surface area contributed by atoms with Crippen molar-refractivity contribution in [3.8, 4) is 22.8 Å². The second kappa shape index (κ2) is 7.94. The van der Waals surface area contributed by atoms with Crippen LogP contribution < -0.4 is 4.98 Å². The van der Waals surface area contributed by atoms with Gasteiger partial charge >= 0.3 is 0 Å². The Morgan fingerprint density at radius 3 is 2.59 bits per heavy atom. The smallest absolute Gasteiger partial charge is 0.246 e. The summed E-state index contributed by atoms with van der Waals surface area (Å²) in [5, 5.41) is 12.2. The minimum Gasteiger partial charge on any atom is -0.427 e. The summed E-state index contributed by atoms with van der Waals surface area (Å²) < 4.78 is 6.05. The van der Waals surface area contributed by atoms with E-state index in [-0.39, 0.29) is 0 Å². The van der Waals surface area contributed by atoms with Gasteiger partial charge in [-0.05, 0) is 44.2 Å². The Kier molecular flexibility index (Phi) is 5.36. The molecule has 0 aliphatic heterocycles. The number of hydrogen-bond donors (Lipinski definition) is 1. The predicted molar refractivity (Wildman–Crippen MR) is 110 cm³/mol. The van der Waals surface area contributed by atoms with Crippen molar-refractivity contribution < 1.29 is 14.5 Å². The Morgan fingerprint density at radius 2 is 1.97 bits per heavy atom. The number of rotatable bonds is 5. The molecule has 0 saturated carbocycles. The lowest BCUT2D eigenvalue weighted by Gasteiger charge is -2.16. The molecule has 0 saturated heterocycles. The van der Waals surface area contributed by atoms with Crippen molar-refractivity contribution in [2.45, 2.75) is 29.6 Å². The van der Waals surface area contributed by atoms with Gasteiger partial charge in [0.05, 0.1) is 5.69 Å². The highest BCUT2D eigenvalue weighted by molar-refractivity contribution is 7.99. The maximum absolute atomic E-state index is 10.2. The minimum absolute atomic E-state index is 0.420. The zero-order chi connectivity index (χ0) is 20.4. The van der Waals surface area contributed by atoms with Crippen LogP contribution in [0, 0.1) is 0 Å². The molecular formula is C21H18ClN4O2S+. The predicted octanol–water partition coefficient (Wildman–Crippen LogP) is 4.64. The zero-order valence-electron chi connectivity index (χ0n) is 15.8. The van der Waals surface area contributed by atoms with Gasteiger partial charge < -0.3 is 9.52 Å². The first-order valence-corrected chi connectivity index (χ1v) is 10.1. The molecule has 6 nitrogen and oxygen atoms in total. The first kappa shape index (κ1) is 19.6. The van der Waals surface area contributed by atoms with Crippen molar-refractivity contribution in [2.24, 2.45) is 0 Å². The van der Waals surface area contributed by atoms with Crippen molar-refractivity contribution in [3.05, 3.63) is 71.8 Å². The van der Waals surface area contributed by atoms with E-state index in [0.717, 1.165) is 10.6 Å². The van der Waals surface area contributed by atoms with Crippen LogP contribution in [0.25, 0.3) is 22.8 Å². The summed E-state index contributed by atoms with van der Waals surface area (Å²) >= 11 is 7.36. The van der Waals surface area contributed by atoms with E-state index in [1.54, 1.807) is 44.6 Å². The summed E-state index contributed by atoms with van der Waals surface area (Å²) in [7, 11) is 0. The summed E-state index contributed by atoms with van der Waals surface area (Å²) in [6.07, 6.45) is 5.08. The Bertz CT molecular complexity index is 1110. The number of H-pyrrole nitrogens is 1. The van der Waals surface area contributed by atoms with Crippen LogP contribution in [0.5, 0.6) is 0 Å². The number of hydrogen-bond acceptors (Lipinski definition) is 6. The first-order valence-electron chi connectivity index (χ1n) is 8.87. The normalized spacial score (nSPS) is 11.6. The molecule has 0 bridgehead atoms. The summed E-state index contributed by atoms with van der Waals surface area (Å²) in [6, 6.07) is 12.9. The molecule has 2 N–H and O–H groups in total. The van der Waals surface area contributed by atoms with Crippen molar-refractivity contribution >= 4 is 23.4 Å². The minimum atomic E-state index is -1.02. The molecule has 4 heterocycles. The molecule has 0 aliphatic carbocycles. The van der Waals surface area contributed by atoms with Crippen molar-refractivity contribution in [1.29, 1.82) is 0 Å². The van der Waals surface area contributed by atoms with Gasteiger partial charge in [-0.15, -0.1) is 0 Å². The SMILES string of the molecule is CC(C)(O)c1ccc(-c2nc(-c3ccccn3)oc2Sc2ccc(Cl)c[nH+]2)cn1. The average Bonchev–Trinajstić information content (AvgIpc) is 3.14. The molecule has 29 heavy (non-hydrogen) atoms. The van der Waals surface area contributed by atoms with Gasteiger partial charge in [-0.2, -0.15) is 0 Å². The third-order valence-corrected chi connectivity index (χ3v) is 5.26. The quantitative estimate of drug-likeness (QED) is 0.501. The standard InChI is InChI=1S/C21H17ClN4O2S/c1-21(2,27)16-8-6-13(11-24-16)18-20(29-17-9-7-14(22)12-25-17)28-19(26-18)15-5-3-4-10-23-15/h3-12,27H,1-2H3/p+1. The van der Waals surface area contributed by atoms with Gasteiger partial charge in [0.25, 0.3) is 0 Å². The number of halogens is 1. The van der Waals surface area contributed by atoms with Crippen LogP contribution in [-0.2, 0) is 5.60 Å². The Labute approximate surface area is 177 Å². The molecule has 4 rings (SSSR count). The summed E-state index contributed by atoms with van der Waals surface area (Å²) in [4.78, 5) is 16.5. The third-order valence-electron chi connectivity index (χ3n) is 4.09. The monoisotopic (exact) mass is 425 g/mol. The highest BCUT2D eigenvalue weighted by Crippen LogP contribution is 2.37. The number of pyridine rings is 3. The van der Waals surface area contributed by atoms with Gasteiger partial charge in [0.15, 0.2) is 11.3 Å². The molecule has 0 atom stereocenters. The number of aliphatic hydroxyl groups is 1. The van der Waals surface area contributed by atoms with E-state index in [4.69, 9.17) is 16.0 Å². The average molecular weight is 426 g/mol. The Morgan fingerprint density at radius 1 is 1.10 bits per heavy atom. The molecule has 0 radical (unpaired) electrons. The van der Waals surface area contributed by atoms with E-state index in [2.05, 4.69) is 19.9 Å². The molecule has 8 heteroatoms. The molecule has 0 fully saturated rings. The largest absolute Gasteiger partial charge is 0.427 e. The van der Waals surface area contributed by atoms with E-state index in [1.807, 2.05) is 30.3 Å².